The summed E-state index contributed by atoms with van der Waals surface area (Å²) in [7, 11) is 0. The minimum atomic E-state index is -7.83. The van der Waals surface area contributed by atoms with E-state index in [2.05, 4.69) is 0 Å². The number of hydrogen-bond donors (Lipinski definition) is 1. The van der Waals surface area contributed by atoms with Crippen molar-refractivity contribution in [3.8, 4) is 0 Å². The molecule has 4 atom stereocenters. The second-order valence-corrected chi connectivity index (χ2v) is 4.93. The van der Waals surface area contributed by atoms with E-state index in [9.17, 15) is 57.8 Å². The fourth-order valence-electron chi connectivity index (χ4n) is 3.08. The Morgan fingerprint density at radius 3 is 1.38 bits per heavy atom. The van der Waals surface area contributed by atoms with Gasteiger partial charge >= 0.3 is 24.7 Å². The van der Waals surface area contributed by atoms with Gasteiger partial charge in [0, 0.05) is 12.7 Å². The first-order valence-corrected chi connectivity index (χ1v) is 5.57. The highest BCUT2D eigenvalue weighted by Gasteiger charge is 3.00. The molecular weight excluding hydrogens is 376 g/mol. The highest BCUT2D eigenvalue weighted by atomic mass is 19.4. The zero-order valence-electron chi connectivity index (χ0n) is 16.6. The Morgan fingerprint density at radius 1 is 0.750 bits per heavy atom. The van der Waals surface area contributed by atoms with Crippen LogP contribution in [0.2, 0.25) is 0 Å². The van der Waals surface area contributed by atoms with Crippen molar-refractivity contribution in [3.05, 3.63) is 0 Å². The van der Waals surface area contributed by atoms with Gasteiger partial charge in [0.2, 0.25) is 0 Å². The Hall–Kier alpha value is -0.880. The Kier molecular flexibility index (Phi) is 2.41. The van der Waals surface area contributed by atoms with E-state index >= 15 is 0 Å². The summed E-state index contributed by atoms with van der Waals surface area (Å²) in [5, 5.41) is 9.74. The standard InChI is InChI=1S/C11H8F12O/c12-8(13,14)6(9(15,16)17)3-1-4(5(24)2-3)7(6,10(18,19)20)11(21,22)23/h3-5,24H,1-2H2/i1D2,2D,3D,4D,5D. The highest BCUT2D eigenvalue weighted by molar-refractivity contribution is 5.26. The highest BCUT2D eigenvalue weighted by Crippen LogP contribution is 2.83. The van der Waals surface area contributed by atoms with E-state index in [4.69, 9.17) is 8.22 Å². The largest absolute Gasteiger partial charge is 0.404 e. The van der Waals surface area contributed by atoms with Crippen LogP contribution in [0.25, 0.3) is 0 Å². The molecule has 2 saturated carbocycles. The Morgan fingerprint density at radius 2 is 1.08 bits per heavy atom. The molecule has 2 aliphatic carbocycles. The van der Waals surface area contributed by atoms with E-state index in [0.717, 1.165) is 0 Å². The minimum absolute atomic E-state index is 4.22. The number of alkyl halides is 12. The third kappa shape index (κ3) is 1.84. The summed E-state index contributed by atoms with van der Waals surface area (Å²) >= 11 is 0. The molecule has 0 aliphatic heterocycles. The summed E-state index contributed by atoms with van der Waals surface area (Å²) in [6.45, 7) is 0. The van der Waals surface area contributed by atoms with Gasteiger partial charge in [0.15, 0.2) is 10.8 Å². The third-order valence-corrected chi connectivity index (χ3v) is 3.84. The predicted octanol–water partition coefficient (Wildman–Crippen LogP) is 4.61. The molecule has 0 spiro atoms. The molecular formula is C11H8F12O. The second kappa shape index (κ2) is 4.64. The van der Waals surface area contributed by atoms with Crippen LogP contribution < -0.4 is 0 Å². The molecule has 0 aromatic rings. The smallest absolute Gasteiger partial charge is 0.393 e. The number of halogens is 12. The van der Waals surface area contributed by atoms with Crippen LogP contribution in [0.4, 0.5) is 52.7 Å². The van der Waals surface area contributed by atoms with E-state index in [1.165, 1.54) is 0 Å². The molecule has 0 radical (unpaired) electrons. The summed E-state index contributed by atoms with van der Waals surface area (Å²) in [4.78, 5) is 0. The fourth-order valence-corrected chi connectivity index (χ4v) is 3.08. The lowest BCUT2D eigenvalue weighted by Gasteiger charge is -2.55. The first-order valence-electron chi connectivity index (χ1n) is 8.65. The van der Waals surface area contributed by atoms with Gasteiger partial charge in [0.25, 0.3) is 0 Å². The predicted molar refractivity (Wildman–Crippen MR) is 51.3 cm³/mol. The molecule has 2 bridgehead atoms. The quantitative estimate of drug-likeness (QED) is 0.599. The van der Waals surface area contributed by atoms with Crippen LogP contribution in [0.3, 0.4) is 0 Å². The molecule has 1 N–H and O–H groups in total. The monoisotopic (exact) mass is 390 g/mol. The average Bonchev–Trinajstić information content (AvgIpc) is 2.60. The maximum Gasteiger partial charge on any atom is 0.404 e. The molecule has 0 saturated heterocycles. The molecule has 0 amide bonds. The molecule has 2 rings (SSSR count). The van der Waals surface area contributed by atoms with Crippen LogP contribution in [0.5, 0.6) is 0 Å². The van der Waals surface area contributed by atoms with Gasteiger partial charge in [-0.2, -0.15) is 52.7 Å². The van der Waals surface area contributed by atoms with Gasteiger partial charge in [-0.3, -0.25) is 0 Å². The van der Waals surface area contributed by atoms with Gasteiger partial charge in [-0.05, 0) is 18.7 Å². The van der Waals surface area contributed by atoms with Crippen molar-refractivity contribution in [2.45, 2.75) is 43.6 Å². The van der Waals surface area contributed by atoms with E-state index in [1.54, 1.807) is 0 Å². The van der Waals surface area contributed by atoms with E-state index < -0.39 is 66.2 Å². The zero-order valence-corrected chi connectivity index (χ0v) is 10.6. The molecule has 24 heavy (non-hydrogen) atoms. The second-order valence-electron chi connectivity index (χ2n) is 4.93. The van der Waals surface area contributed by atoms with Crippen LogP contribution in [-0.2, 0) is 0 Å². The molecule has 0 heterocycles. The van der Waals surface area contributed by atoms with E-state index in [-0.39, 0.29) is 0 Å². The van der Waals surface area contributed by atoms with Crippen LogP contribution >= 0.6 is 0 Å². The van der Waals surface area contributed by atoms with Crippen LogP contribution in [0.15, 0.2) is 0 Å². The summed E-state index contributed by atoms with van der Waals surface area (Å²) in [6.07, 6.45) is -46.1. The molecule has 0 aromatic heterocycles. The van der Waals surface area contributed by atoms with Crippen LogP contribution in [0.1, 0.15) is 21.0 Å². The average molecular weight is 390 g/mol. The molecule has 4 unspecified atom stereocenters. The van der Waals surface area contributed by atoms with Crippen molar-refractivity contribution in [2.24, 2.45) is 22.6 Å². The lowest BCUT2D eigenvalue weighted by molar-refractivity contribution is -0.487. The normalized spacial score (nSPS) is 51.1. The van der Waals surface area contributed by atoms with Crippen molar-refractivity contribution < 1.29 is 66.0 Å². The number of fused-ring (bicyclic) bond motifs is 2. The van der Waals surface area contributed by atoms with Crippen molar-refractivity contribution in [1.82, 2.24) is 0 Å². The van der Waals surface area contributed by atoms with Crippen LogP contribution in [0, 0.1) is 22.6 Å². The summed E-state index contributed by atoms with van der Waals surface area (Å²) in [5.74, 6) is -12.0. The Balaban J connectivity index is 3.50. The number of rotatable bonds is 0. The first-order chi connectivity index (χ1) is 12.7. The van der Waals surface area contributed by atoms with E-state index in [0.29, 0.717) is 0 Å². The number of aliphatic hydroxyl groups is 1. The van der Waals surface area contributed by atoms with Crippen molar-refractivity contribution in [2.75, 3.05) is 0 Å². The summed E-state index contributed by atoms with van der Waals surface area (Å²) in [5.41, 5.74) is -15.1. The number of hydrogen-bond acceptors (Lipinski definition) is 1. The molecule has 142 valence electrons. The summed E-state index contributed by atoms with van der Waals surface area (Å²) < 4.78 is 209. The Labute approximate surface area is 134 Å². The van der Waals surface area contributed by atoms with Gasteiger partial charge < -0.3 is 5.11 Å². The molecule has 2 fully saturated rings. The molecule has 1 nitrogen and oxygen atoms in total. The Bertz CT molecular complexity index is 726. The zero-order chi connectivity index (χ0) is 24.6. The maximum absolute atomic E-state index is 13.8. The van der Waals surface area contributed by atoms with E-state index in [1.807, 2.05) is 0 Å². The van der Waals surface area contributed by atoms with Gasteiger partial charge in [-0.1, -0.05) is 0 Å². The maximum atomic E-state index is 13.8. The van der Waals surface area contributed by atoms with Gasteiger partial charge in [0.05, 0.1) is 7.45 Å². The lowest BCUT2D eigenvalue weighted by Crippen LogP contribution is -2.74. The molecule has 2 aliphatic rings. The third-order valence-electron chi connectivity index (χ3n) is 3.84. The van der Waals surface area contributed by atoms with Crippen molar-refractivity contribution >= 4 is 0 Å². The summed E-state index contributed by atoms with van der Waals surface area (Å²) in [6, 6.07) is 0. The fraction of sp³-hybridized carbons (Fsp3) is 1.00. The van der Waals surface area contributed by atoms with Crippen LogP contribution in [-0.4, -0.2) is 35.9 Å². The van der Waals surface area contributed by atoms with Crippen molar-refractivity contribution in [3.63, 3.8) is 0 Å². The lowest BCUT2D eigenvalue weighted by atomic mass is 9.53. The minimum Gasteiger partial charge on any atom is -0.393 e. The van der Waals surface area contributed by atoms with Gasteiger partial charge in [-0.15, -0.1) is 0 Å². The molecule has 0 aromatic carbocycles. The van der Waals surface area contributed by atoms with Crippen molar-refractivity contribution in [1.29, 1.82) is 0 Å². The topological polar surface area (TPSA) is 20.2 Å². The molecule has 13 heteroatoms. The van der Waals surface area contributed by atoms with Gasteiger partial charge in [-0.25, -0.2) is 0 Å². The van der Waals surface area contributed by atoms with Gasteiger partial charge in [0.1, 0.15) is 0 Å². The SMILES string of the molecule is [2H]C1C([2H])(O)C2([2H])C([2H])([2H])C1([2H])C(C(F)(F)F)(C(F)(F)F)C2(C(F)(F)F)C(F)(F)F. The first kappa shape index (κ1) is 12.5.